The van der Waals surface area contributed by atoms with Crippen molar-refractivity contribution in [2.45, 2.75) is 32.7 Å². The quantitative estimate of drug-likeness (QED) is 0.504. The van der Waals surface area contributed by atoms with Crippen molar-refractivity contribution in [1.29, 1.82) is 0 Å². The molecule has 7 heteroatoms. The summed E-state index contributed by atoms with van der Waals surface area (Å²) >= 11 is 0. The highest BCUT2D eigenvalue weighted by molar-refractivity contribution is 7.82. The molecule has 4 radical (unpaired) electrons. The van der Waals surface area contributed by atoms with Crippen molar-refractivity contribution in [3.63, 3.8) is 0 Å². The zero-order valence-electron chi connectivity index (χ0n) is 7.30. The lowest BCUT2D eigenvalue weighted by atomic mass is 10.2. The van der Waals surface area contributed by atoms with Gasteiger partial charge in [-0.15, -0.1) is 0 Å². The van der Waals surface area contributed by atoms with E-state index in [0.717, 1.165) is 12.8 Å². The monoisotopic (exact) mass is 201 g/mol. The molecule has 0 saturated heterocycles. The highest BCUT2D eigenvalue weighted by Gasteiger charge is 2.41. The van der Waals surface area contributed by atoms with Crippen molar-refractivity contribution >= 4 is 30.8 Å². The van der Waals surface area contributed by atoms with Crippen LogP contribution in [0.15, 0.2) is 0 Å². The van der Waals surface area contributed by atoms with E-state index >= 15 is 0 Å². The van der Waals surface area contributed by atoms with Gasteiger partial charge in [0.05, 0.1) is 10.5 Å². The molecule has 0 heterocycles. The molecule has 2 unspecified atom stereocenters. The van der Waals surface area contributed by atoms with E-state index in [9.17, 15) is 9.13 Å². The van der Waals surface area contributed by atoms with Crippen LogP contribution in [0.3, 0.4) is 0 Å². The molecule has 0 aromatic carbocycles. The molecule has 62 valence electrons. The Morgan fingerprint density at radius 2 is 1.50 bits per heavy atom. The summed E-state index contributed by atoms with van der Waals surface area (Å²) in [6.07, 6.45) is 1.49. The van der Waals surface area contributed by atoms with E-state index in [1.54, 1.807) is 0 Å². The van der Waals surface area contributed by atoms with E-state index in [2.05, 4.69) is 0 Å². The summed E-state index contributed by atoms with van der Waals surface area (Å²) < 4.78 is 23.1. The summed E-state index contributed by atoms with van der Waals surface area (Å²) in [4.78, 5) is 0. The van der Waals surface area contributed by atoms with E-state index in [1.807, 2.05) is 13.8 Å². The standard InChI is InChI=1S/C5H11B2NO2P2/c1-3-5(4-2)8(11(6)9)12(7)10/h5H,3-4H2,1-2H3/q+2. The molecule has 12 heavy (non-hydrogen) atoms. The van der Waals surface area contributed by atoms with Gasteiger partial charge in [0, 0.05) is 0 Å². The van der Waals surface area contributed by atoms with Crippen molar-refractivity contribution in [2.24, 2.45) is 0 Å². The highest BCUT2D eigenvalue weighted by atomic mass is 31.2. The summed E-state index contributed by atoms with van der Waals surface area (Å²) in [7, 11) is 6.16. The van der Waals surface area contributed by atoms with Crippen LogP contribution in [0.5, 0.6) is 0 Å². The average Bonchev–Trinajstić information content (AvgIpc) is 1.98. The molecule has 0 aliphatic heterocycles. The summed E-state index contributed by atoms with van der Waals surface area (Å²) in [6, 6.07) is -0.0489. The van der Waals surface area contributed by atoms with Gasteiger partial charge in [-0.1, -0.05) is 23.0 Å². The highest BCUT2D eigenvalue weighted by Crippen LogP contribution is 2.40. The van der Waals surface area contributed by atoms with E-state index in [0.29, 0.717) is 0 Å². The molecule has 3 nitrogen and oxygen atoms in total. The molecule has 0 fully saturated rings. The number of hydrogen-bond acceptors (Lipinski definition) is 2. The lowest BCUT2D eigenvalue weighted by Crippen LogP contribution is -2.21. The SMILES string of the molecule is [B][P+](=O)N(C(CC)CC)[P+]([B])=O. The van der Waals surface area contributed by atoms with E-state index in [4.69, 9.17) is 15.1 Å². The Bertz CT molecular complexity index is 172. The fraction of sp³-hybridized carbons (Fsp3) is 1.00. The Balaban J connectivity index is 4.47. The predicted molar refractivity (Wildman–Crippen MR) is 52.9 cm³/mol. The normalized spacial score (nSPS) is 13.7. The van der Waals surface area contributed by atoms with E-state index < -0.39 is 15.7 Å². The van der Waals surface area contributed by atoms with Crippen LogP contribution in [0.1, 0.15) is 26.7 Å². The first-order valence-corrected chi connectivity index (χ1v) is 6.33. The van der Waals surface area contributed by atoms with Gasteiger partial charge in [-0.05, 0) is 12.8 Å². The van der Waals surface area contributed by atoms with Crippen LogP contribution in [0, 0.1) is 0 Å². The second-order valence-corrected chi connectivity index (χ2v) is 4.78. The second kappa shape index (κ2) is 5.85. The molecular weight excluding hydrogens is 190 g/mol. The Kier molecular flexibility index (Phi) is 6.00. The number of nitrogens with zero attached hydrogens (tertiary/aromatic N) is 1. The fourth-order valence-electron chi connectivity index (χ4n) is 1.02. The Morgan fingerprint density at radius 1 is 1.17 bits per heavy atom. The molecule has 0 N–H and O–H groups in total. The summed E-state index contributed by atoms with van der Waals surface area (Å²) in [5.74, 6) is 0. The molecule has 0 rings (SSSR count). The maximum absolute atomic E-state index is 10.9. The molecule has 0 bridgehead atoms. The van der Waals surface area contributed by atoms with E-state index in [-0.39, 0.29) is 6.04 Å². The van der Waals surface area contributed by atoms with Gasteiger partial charge in [-0.3, -0.25) is 0 Å². The van der Waals surface area contributed by atoms with Gasteiger partial charge in [0.25, 0.3) is 0 Å². The summed E-state index contributed by atoms with van der Waals surface area (Å²) in [5.41, 5.74) is 0. The van der Waals surface area contributed by atoms with Gasteiger partial charge in [0.2, 0.25) is 0 Å². The van der Waals surface area contributed by atoms with Gasteiger partial charge < -0.3 is 0 Å². The largest absolute Gasteiger partial charge is 0.540 e. The third-order valence-corrected chi connectivity index (χ3v) is 4.19. The topological polar surface area (TPSA) is 37.4 Å². The lowest BCUT2D eigenvalue weighted by molar-refractivity contribution is 0.429. The van der Waals surface area contributed by atoms with Gasteiger partial charge >= 0.3 is 30.8 Å². The van der Waals surface area contributed by atoms with Crippen molar-refractivity contribution < 1.29 is 9.13 Å². The van der Waals surface area contributed by atoms with Crippen molar-refractivity contribution in [2.75, 3.05) is 0 Å². The van der Waals surface area contributed by atoms with Crippen LogP contribution in [0.4, 0.5) is 0 Å². The number of rotatable bonds is 5. The summed E-state index contributed by atoms with van der Waals surface area (Å²) in [5, 5.41) is 0. The van der Waals surface area contributed by atoms with Crippen molar-refractivity contribution in [3.05, 3.63) is 0 Å². The van der Waals surface area contributed by atoms with Crippen LogP contribution >= 0.6 is 15.7 Å². The molecule has 0 saturated carbocycles. The number of hydrogen-bond donors (Lipinski definition) is 0. The van der Waals surface area contributed by atoms with Crippen molar-refractivity contribution in [1.82, 2.24) is 4.44 Å². The first-order valence-electron chi connectivity index (χ1n) is 3.77. The van der Waals surface area contributed by atoms with Gasteiger partial charge in [0.1, 0.15) is 0 Å². The molecule has 0 spiro atoms. The van der Waals surface area contributed by atoms with Crippen LogP contribution in [0.2, 0.25) is 0 Å². The van der Waals surface area contributed by atoms with Gasteiger partial charge in [-0.2, -0.15) is 0 Å². The second-order valence-electron chi connectivity index (χ2n) is 2.40. The predicted octanol–water partition coefficient (Wildman–Crippen LogP) is 2.13. The van der Waals surface area contributed by atoms with E-state index in [1.165, 1.54) is 4.44 Å². The minimum atomic E-state index is -2.08. The molecule has 2 atom stereocenters. The average molecular weight is 201 g/mol. The molecule has 0 aliphatic rings. The minimum Gasteiger partial charge on any atom is -0.0728 e. The molecule has 0 aromatic rings. The van der Waals surface area contributed by atoms with Crippen LogP contribution in [-0.4, -0.2) is 25.6 Å². The Morgan fingerprint density at radius 3 is 1.58 bits per heavy atom. The zero-order valence-corrected chi connectivity index (χ0v) is 9.09. The third kappa shape index (κ3) is 3.35. The molecule has 0 aromatic heterocycles. The van der Waals surface area contributed by atoms with Crippen LogP contribution in [-0.2, 0) is 9.13 Å². The van der Waals surface area contributed by atoms with Gasteiger partial charge in [-0.25, -0.2) is 0 Å². The van der Waals surface area contributed by atoms with Crippen molar-refractivity contribution in [3.8, 4) is 0 Å². The van der Waals surface area contributed by atoms with Crippen LogP contribution in [0.25, 0.3) is 0 Å². The first-order chi connectivity index (χ1) is 5.54. The zero-order chi connectivity index (χ0) is 9.72. The molecular formula is C5H11B2NO2P2+2. The maximum atomic E-state index is 10.9. The Hall–Kier alpha value is 0.290. The molecule has 0 amide bonds. The maximum Gasteiger partial charge on any atom is 0.540 e. The fourth-order valence-corrected chi connectivity index (χ4v) is 3.02. The third-order valence-electron chi connectivity index (χ3n) is 1.67. The smallest absolute Gasteiger partial charge is 0.0728 e. The minimum absolute atomic E-state index is 0.0489. The summed E-state index contributed by atoms with van der Waals surface area (Å²) in [6.45, 7) is 3.83. The molecule has 0 aliphatic carbocycles. The lowest BCUT2D eigenvalue weighted by Gasteiger charge is -2.09. The Labute approximate surface area is 77.7 Å². The van der Waals surface area contributed by atoms with Gasteiger partial charge in [0.15, 0.2) is 0 Å². The van der Waals surface area contributed by atoms with Crippen LogP contribution < -0.4 is 0 Å². The first kappa shape index (κ1) is 12.3.